The van der Waals surface area contributed by atoms with Gasteiger partial charge in [-0.3, -0.25) is 14.4 Å². The molecule has 0 radical (unpaired) electrons. The second-order valence-corrected chi connectivity index (χ2v) is 5.72. The number of anilines is 1. The third kappa shape index (κ3) is 5.01. The summed E-state index contributed by atoms with van der Waals surface area (Å²) >= 11 is 0. The minimum Gasteiger partial charge on any atom is -0.481 e. The number of amides is 1. The second-order valence-electron chi connectivity index (χ2n) is 5.72. The molecule has 0 aromatic heterocycles. The lowest BCUT2D eigenvalue weighted by molar-refractivity contribution is -0.138. The average Bonchev–Trinajstić information content (AvgIpc) is 2.65. The van der Waals surface area contributed by atoms with Crippen LogP contribution >= 0.6 is 0 Å². The van der Waals surface area contributed by atoms with Gasteiger partial charge in [0.2, 0.25) is 5.91 Å². The monoisotopic (exact) mass is 385 g/mol. The Labute approximate surface area is 158 Å². The number of carboxylic acids is 3. The van der Waals surface area contributed by atoms with Crippen LogP contribution in [0.1, 0.15) is 49.5 Å². The lowest BCUT2D eigenvalue weighted by Crippen LogP contribution is -2.13. The molecule has 0 saturated carbocycles. The molecule has 144 valence electrons. The van der Waals surface area contributed by atoms with Crippen molar-refractivity contribution < 1.29 is 39.3 Å². The van der Waals surface area contributed by atoms with Crippen LogP contribution in [0.4, 0.5) is 5.69 Å². The quantitative estimate of drug-likeness (QED) is 0.503. The zero-order valence-corrected chi connectivity index (χ0v) is 14.3. The zero-order chi connectivity index (χ0) is 20.8. The first kappa shape index (κ1) is 20.3. The van der Waals surface area contributed by atoms with Crippen LogP contribution in [-0.4, -0.2) is 44.9 Å². The highest BCUT2D eigenvalue weighted by atomic mass is 16.4. The fraction of sp³-hybridized carbons (Fsp3) is 0.105. The first-order valence-electron chi connectivity index (χ1n) is 7.96. The average molecular weight is 385 g/mol. The fourth-order valence-electron chi connectivity index (χ4n) is 2.36. The van der Waals surface area contributed by atoms with E-state index in [1.165, 1.54) is 30.3 Å². The van der Waals surface area contributed by atoms with Gasteiger partial charge in [0.15, 0.2) is 5.78 Å². The molecular weight excluding hydrogens is 370 g/mol. The number of carboxylic acid groups (broad SMARTS) is 3. The van der Waals surface area contributed by atoms with Crippen molar-refractivity contribution in [2.45, 2.75) is 12.8 Å². The Balaban J connectivity index is 2.18. The molecule has 0 fully saturated rings. The summed E-state index contributed by atoms with van der Waals surface area (Å²) in [6, 6.07) is 8.96. The van der Waals surface area contributed by atoms with E-state index in [0.29, 0.717) is 5.69 Å². The van der Waals surface area contributed by atoms with Gasteiger partial charge in [0.1, 0.15) is 0 Å². The third-order valence-electron chi connectivity index (χ3n) is 3.74. The molecule has 0 aliphatic heterocycles. The van der Waals surface area contributed by atoms with Gasteiger partial charge in [-0.05, 0) is 36.4 Å². The molecule has 4 N–H and O–H groups in total. The molecule has 9 heteroatoms. The Morgan fingerprint density at radius 3 is 1.82 bits per heavy atom. The maximum absolute atomic E-state index is 12.5. The van der Waals surface area contributed by atoms with E-state index in [0.717, 1.165) is 12.1 Å². The van der Waals surface area contributed by atoms with Crippen LogP contribution in [0.2, 0.25) is 0 Å². The maximum Gasteiger partial charge on any atom is 0.336 e. The Bertz CT molecular complexity index is 962. The fourth-order valence-corrected chi connectivity index (χ4v) is 2.36. The van der Waals surface area contributed by atoms with Gasteiger partial charge in [0, 0.05) is 23.2 Å². The third-order valence-corrected chi connectivity index (χ3v) is 3.74. The van der Waals surface area contributed by atoms with Gasteiger partial charge < -0.3 is 20.6 Å². The SMILES string of the molecule is O=C(O)CCC(=O)Nc1ccc(C(=O)c2ccc(C(=O)O)c(C(=O)O)c2)cc1. The van der Waals surface area contributed by atoms with E-state index >= 15 is 0 Å². The van der Waals surface area contributed by atoms with Gasteiger partial charge in [-0.2, -0.15) is 0 Å². The topological polar surface area (TPSA) is 158 Å². The molecule has 0 unspecified atom stereocenters. The molecule has 1 amide bonds. The lowest BCUT2D eigenvalue weighted by atomic mass is 9.98. The summed E-state index contributed by atoms with van der Waals surface area (Å²) in [5, 5.41) is 29.2. The predicted octanol–water partition coefficient (Wildman–Crippen LogP) is 2.12. The maximum atomic E-state index is 12.5. The molecule has 28 heavy (non-hydrogen) atoms. The molecule has 0 atom stereocenters. The van der Waals surface area contributed by atoms with Gasteiger partial charge in [-0.25, -0.2) is 9.59 Å². The number of rotatable bonds is 8. The molecule has 2 aromatic carbocycles. The number of carbonyl (C=O) groups is 5. The first-order chi connectivity index (χ1) is 13.2. The number of carbonyl (C=O) groups excluding carboxylic acids is 2. The van der Waals surface area contributed by atoms with Crippen molar-refractivity contribution in [1.82, 2.24) is 0 Å². The van der Waals surface area contributed by atoms with Crippen LogP contribution in [0.5, 0.6) is 0 Å². The Morgan fingerprint density at radius 2 is 1.29 bits per heavy atom. The molecule has 0 saturated heterocycles. The number of hydrogen-bond donors (Lipinski definition) is 4. The molecule has 2 rings (SSSR count). The van der Waals surface area contributed by atoms with Crippen molar-refractivity contribution in [3.8, 4) is 0 Å². The standard InChI is InChI=1S/C19H15NO8/c21-15(7-8-16(22)23)20-12-4-1-10(2-5-12)17(24)11-3-6-13(18(25)26)14(9-11)19(27)28/h1-6,9H,7-8H2,(H,20,21)(H,22,23)(H,25,26)(H,27,28). The molecule has 2 aromatic rings. The first-order valence-corrected chi connectivity index (χ1v) is 7.96. The van der Waals surface area contributed by atoms with E-state index in [4.69, 9.17) is 15.3 Å². The smallest absolute Gasteiger partial charge is 0.336 e. The zero-order valence-electron chi connectivity index (χ0n) is 14.3. The van der Waals surface area contributed by atoms with Crippen molar-refractivity contribution in [3.63, 3.8) is 0 Å². The van der Waals surface area contributed by atoms with E-state index in [2.05, 4.69) is 5.32 Å². The van der Waals surface area contributed by atoms with E-state index in [-0.39, 0.29) is 24.0 Å². The van der Waals surface area contributed by atoms with Gasteiger partial charge >= 0.3 is 17.9 Å². The predicted molar refractivity (Wildman–Crippen MR) is 95.7 cm³/mol. The molecule has 0 heterocycles. The van der Waals surface area contributed by atoms with Crippen LogP contribution in [0, 0.1) is 0 Å². The van der Waals surface area contributed by atoms with Crippen molar-refractivity contribution >= 4 is 35.3 Å². The van der Waals surface area contributed by atoms with E-state index in [1.807, 2.05) is 0 Å². The van der Waals surface area contributed by atoms with Crippen molar-refractivity contribution in [1.29, 1.82) is 0 Å². The molecule has 0 aliphatic rings. The number of hydrogen-bond acceptors (Lipinski definition) is 5. The van der Waals surface area contributed by atoms with E-state index < -0.39 is 40.7 Å². The number of nitrogens with one attached hydrogen (secondary N) is 1. The van der Waals surface area contributed by atoms with E-state index in [9.17, 15) is 24.0 Å². The molecule has 0 spiro atoms. The number of benzene rings is 2. The minimum atomic E-state index is -1.47. The highest BCUT2D eigenvalue weighted by molar-refractivity contribution is 6.11. The summed E-state index contributed by atoms with van der Waals surface area (Å²) in [7, 11) is 0. The van der Waals surface area contributed by atoms with Crippen LogP contribution in [0.25, 0.3) is 0 Å². The van der Waals surface area contributed by atoms with Gasteiger partial charge in [0.05, 0.1) is 17.5 Å². The van der Waals surface area contributed by atoms with Gasteiger partial charge in [0.25, 0.3) is 0 Å². The normalized spacial score (nSPS) is 10.1. The molecule has 9 nitrogen and oxygen atoms in total. The van der Waals surface area contributed by atoms with E-state index in [1.54, 1.807) is 0 Å². The summed E-state index contributed by atoms with van der Waals surface area (Å²) in [5.74, 6) is -4.99. The number of ketones is 1. The summed E-state index contributed by atoms with van der Waals surface area (Å²) in [6.07, 6.45) is -0.495. The molecular formula is C19H15NO8. The number of aliphatic carboxylic acids is 1. The molecule has 0 bridgehead atoms. The van der Waals surface area contributed by atoms with Crippen LogP contribution in [0.3, 0.4) is 0 Å². The summed E-state index contributed by atoms with van der Waals surface area (Å²) in [4.78, 5) is 56.9. The minimum absolute atomic E-state index is 0.000596. The number of aromatic carboxylic acids is 2. The summed E-state index contributed by atoms with van der Waals surface area (Å²) in [5.41, 5.74) is -0.368. The highest BCUT2D eigenvalue weighted by Gasteiger charge is 2.19. The van der Waals surface area contributed by atoms with Gasteiger partial charge in [-0.15, -0.1) is 0 Å². The summed E-state index contributed by atoms with van der Waals surface area (Å²) in [6.45, 7) is 0. The Morgan fingerprint density at radius 1 is 0.714 bits per heavy atom. The largest absolute Gasteiger partial charge is 0.481 e. The van der Waals surface area contributed by atoms with Crippen LogP contribution in [-0.2, 0) is 9.59 Å². The second kappa shape index (κ2) is 8.58. The van der Waals surface area contributed by atoms with Crippen molar-refractivity contribution in [3.05, 3.63) is 64.7 Å². The van der Waals surface area contributed by atoms with Gasteiger partial charge in [-0.1, -0.05) is 6.07 Å². The van der Waals surface area contributed by atoms with Crippen LogP contribution < -0.4 is 5.32 Å². The van der Waals surface area contributed by atoms with Crippen LogP contribution in [0.15, 0.2) is 42.5 Å². The van der Waals surface area contributed by atoms with Crippen molar-refractivity contribution in [2.75, 3.05) is 5.32 Å². The highest BCUT2D eigenvalue weighted by Crippen LogP contribution is 2.18. The Hall–Kier alpha value is -4.01. The Kier molecular flexibility index (Phi) is 6.22. The lowest BCUT2D eigenvalue weighted by Gasteiger charge is -2.07. The summed E-state index contributed by atoms with van der Waals surface area (Å²) < 4.78 is 0. The molecule has 0 aliphatic carbocycles. The van der Waals surface area contributed by atoms with Crippen molar-refractivity contribution in [2.24, 2.45) is 0 Å².